The molecule has 0 bridgehead atoms. The average molecular weight is 281 g/mol. The molecule has 19 heavy (non-hydrogen) atoms. The molecule has 0 saturated carbocycles. The SMILES string of the molecule is CC(=O)C(OC1=NS(=O)(=O)c2ccccc21)C(C)=O. The quantitative estimate of drug-likeness (QED) is 0.761. The fourth-order valence-electron chi connectivity index (χ4n) is 1.72. The molecule has 100 valence electrons. The first kappa shape index (κ1) is 13.4. The third-order valence-corrected chi connectivity index (χ3v) is 3.88. The normalized spacial score (nSPS) is 15.8. The van der Waals surface area contributed by atoms with Crippen LogP contribution in [0.2, 0.25) is 0 Å². The summed E-state index contributed by atoms with van der Waals surface area (Å²) in [5.41, 5.74) is 0.259. The maximum absolute atomic E-state index is 11.7. The van der Waals surface area contributed by atoms with Gasteiger partial charge in [0.15, 0.2) is 11.6 Å². The Kier molecular flexibility index (Phi) is 3.23. The van der Waals surface area contributed by atoms with E-state index in [2.05, 4.69) is 4.40 Å². The van der Waals surface area contributed by atoms with Gasteiger partial charge in [0.2, 0.25) is 12.0 Å². The number of ether oxygens (including phenoxy) is 1. The van der Waals surface area contributed by atoms with Crippen LogP contribution < -0.4 is 0 Å². The largest absolute Gasteiger partial charge is 0.457 e. The van der Waals surface area contributed by atoms with Crippen molar-refractivity contribution in [1.82, 2.24) is 0 Å². The Morgan fingerprint density at radius 3 is 2.32 bits per heavy atom. The number of ketones is 2. The Morgan fingerprint density at radius 1 is 1.16 bits per heavy atom. The molecule has 1 heterocycles. The van der Waals surface area contributed by atoms with Crippen LogP contribution in [-0.2, 0) is 24.3 Å². The fraction of sp³-hybridized carbons (Fsp3) is 0.250. The second-order valence-electron chi connectivity index (χ2n) is 4.09. The van der Waals surface area contributed by atoms with Crippen LogP contribution in [0.25, 0.3) is 0 Å². The minimum absolute atomic E-state index is 0.0101. The van der Waals surface area contributed by atoms with E-state index >= 15 is 0 Å². The predicted molar refractivity (Wildman–Crippen MR) is 66.4 cm³/mol. The zero-order valence-corrected chi connectivity index (χ0v) is 11.1. The van der Waals surface area contributed by atoms with E-state index in [-0.39, 0.29) is 16.4 Å². The number of sulfonamides is 1. The smallest absolute Gasteiger partial charge is 0.286 e. The summed E-state index contributed by atoms with van der Waals surface area (Å²) in [6.45, 7) is 2.39. The minimum Gasteiger partial charge on any atom is -0.457 e. The summed E-state index contributed by atoms with van der Waals surface area (Å²) in [4.78, 5) is 22.6. The van der Waals surface area contributed by atoms with E-state index in [4.69, 9.17) is 4.74 Å². The average Bonchev–Trinajstić information content (AvgIpc) is 2.58. The summed E-state index contributed by atoms with van der Waals surface area (Å²) in [5.74, 6) is -1.22. The second-order valence-corrected chi connectivity index (χ2v) is 5.66. The summed E-state index contributed by atoms with van der Waals surface area (Å²) in [5, 5.41) is 0. The Bertz CT molecular complexity index is 676. The van der Waals surface area contributed by atoms with Crippen LogP contribution in [0, 0.1) is 0 Å². The van der Waals surface area contributed by atoms with E-state index in [1.807, 2.05) is 0 Å². The van der Waals surface area contributed by atoms with Crippen LogP contribution in [0.3, 0.4) is 0 Å². The molecule has 0 unspecified atom stereocenters. The van der Waals surface area contributed by atoms with Gasteiger partial charge in [0, 0.05) is 0 Å². The molecule has 0 atom stereocenters. The molecule has 0 N–H and O–H groups in total. The van der Waals surface area contributed by atoms with Gasteiger partial charge in [0.25, 0.3) is 10.0 Å². The van der Waals surface area contributed by atoms with Crippen molar-refractivity contribution in [3.8, 4) is 0 Å². The van der Waals surface area contributed by atoms with Crippen molar-refractivity contribution in [3.05, 3.63) is 29.8 Å². The lowest BCUT2D eigenvalue weighted by atomic mass is 10.1. The molecule has 0 fully saturated rings. The third kappa shape index (κ3) is 2.41. The molecular formula is C12H11NO5S. The molecule has 1 aromatic rings. The molecule has 1 aromatic carbocycles. The van der Waals surface area contributed by atoms with E-state index < -0.39 is 27.7 Å². The number of rotatable bonds is 3. The Balaban J connectivity index is 2.43. The van der Waals surface area contributed by atoms with Gasteiger partial charge < -0.3 is 4.74 Å². The van der Waals surface area contributed by atoms with Crippen LogP contribution in [0.4, 0.5) is 0 Å². The lowest BCUT2D eigenvalue weighted by Crippen LogP contribution is -2.31. The number of hydrogen-bond acceptors (Lipinski definition) is 5. The van der Waals surface area contributed by atoms with Crippen LogP contribution in [-0.4, -0.2) is 32.0 Å². The number of carbonyl (C=O) groups is 2. The molecule has 0 aromatic heterocycles. The van der Waals surface area contributed by atoms with Crippen LogP contribution in [0.15, 0.2) is 33.6 Å². The van der Waals surface area contributed by atoms with Gasteiger partial charge in [-0.1, -0.05) is 12.1 Å². The monoisotopic (exact) mass is 281 g/mol. The highest BCUT2D eigenvalue weighted by molar-refractivity contribution is 7.90. The molecule has 2 rings (SSSR count). The standard InChI is InChI=1S/C12H11NO5S/c1-7(14)11(8(2)15)18-12-9-5-3-4-6-10(9)19(16,17)13-12/h3-6,11H,1-2H3. The molecule has 0 amide bonds. The van der Waals surface area contributed by atoms with Crippen molar-refractivity contribution >= 4 is 27.5 Å². The maximum atomic E-state index is 11.7. The summed E-state index contributed by atoms with van der Waals surface area (Å²) < 4.78 is 32.1. The Labute approximate surface area is 110 Å². The fourth-order valence-corrected chi connectivity index (χ4v) is 2.87. The van der Waals surface area contributed by atoms with Crippen LogP contribution in [0.1, 0.15) is 19.4 Å². The molecule has 1 aliphatic rings. The van der Waals surface area contributed by atoms with E-state index in [1.165, 1.54) is 26.0 Å². The molecule has 6 nitrogen and oxygen atoms in total. The summed E-state index contributed by atoms with van der Waals surface area (Å²) in [6, 6.07) is 6.08. The number of fused-ring (bicyclic) bond motifs is 1. The van der Waals surface area contributed by atoms with E-state index in [0.717, 1.165) is 0 Å². The van der Waals surface area contributed by atoms with E-state index in [1.54, 1.807) is 12.1 Å². The molecule has 0 radical (unpaired) electrons. The highest BCUT2D eigenvalue weighted by Gasteiger charge is 2.33. The Hall–Kier alpha value is -2.02. The molecule has 0 saturated heterocycles. The number of carbonyl (C=O) groups excluding carboxylic acids is 2. The van der Waals surface area contributed by atoms with Crippen molar-refractivity contribution < 1.29 is 22.7 Å². The zero-order chi connectivity index (χ0) is 14.2. The number of hydrogen-bond donors (Lipinski definition) is 0. The molecule has 1 aliphatic heterocycles. The first-order valence-electron chi connectivity index (χ1n) is 5.45. The van der Waals surface area contributed by atoms with Crippen molar-refractivity contribution in [2.45, 2.75) is 24.8 Å². The highest BCUT2D eigenvalue weighted by Crippen LogP contribution is 2.26. The molecular weight excluding hydrogens is 270 g/mol. The van der Waals surface area contributed by atoms with Crippen molar-refractivity contribution in [3.63, 3.8) is 0 Å². The third-order valence-electron chi connectivity index (χ3n) is 2.57. The van der Waals surface area contributed by atoms with Gasteiger partial charge in [-0.2, -0.15) is 8.42 Å². The lowest BCUT2D eigenvalue weighted by Gasteiger charge is -2.12. The zero-order valence-electron chi connectivity index (χ0n) is 10.3. The van der Waals surface area contributed by atoms with Gasteiger partial charge >= 0.3 is 0 Å². The maximum Gasteiger partial charge on any atom is 0.286 e. The van der Waals surface area contributed by atoms with Gasteiger partial charge in [-0.15, -0.1) is 4.40 Å². The van der Waals surface area contributed by atoms with Crippen molar-refractivity contribution in [2.24, 2.45) is 4.40 Å². The minimum atomic E-state index is -3.81. The van der Waals surface area contributed by atoms with Gasteiger partial charge in [-0.25, -0.2) is 0 Å². The summed E-state index contributed by atoms with van der Waals surface area (Å²) in [7, 11) is -3.81. The van der Waals surface area contributed by atoms with E-state index in [0.29, 0.717) is 0 Å². The van der Waals surface area contributed by atoms with Gasteiger partial charge in [-0.05, 0) is 26.0 Å². The molecule has 7 heteroatoms. The number of benzene rings is 1. The van der Waals surface area contributed by atoms with E-state index in [9.17, 15) is 18.0 Å². The highest BCUT2D eigenvalue weighted by atomic mass is 32.2. The molecule has 0 aliphatic carbocycles. The van der Waals surface area contributed by atoms with Crippen LogP contribution >= 0.6 is 0 Å². The van der Waals surface area contributed by atoms with Gasteiger partial charge in [-0.3, -0.25) is 9.59 Å². The van der Waals surface area contributed by atoms with Crippen LogP contribution in [0.5, 0.6) is 0 Å². The van der Waals surface area contributed by atoms with Crippen molar-refractivity contribution in [2.75, 3.05) is 0 Å². The number of Topliss-reactive ketones (excluding diaryl/α,β-unsaturated/α-hetero) is 2. The van der Waals surface area contributed by atoms with Gasteiger partial charge in [0.1, 0.15) is 4.90 Å². The predicted octanol–water partition coefficient (Wildman–Crippen LogP) is 0.699. The van der Waals surface area contributed by atoms with Crippen molar-refractivity contribution in [1.29, 1.82) is 0 Å². The molecule has 0 spiro atoms. The summed E-state index contributed by atoms with van der Waals surface area (Å²) >= 11 is 0. The van der Waals surface area contributed by atoms with Gasteiger partial charge in [0.05, 0.1) is 5.56 Å². The summed E-state index contributed by atoms with van der Waals surface area (Å²) in [6.07, 6.45) is -1.33. The topological polar surface area (TPSA) is 89.9 Å². The number of nitrogens with zero attached hydrogens (tertiary/aromatic N) is 1. The first-order valence-corrected chi connectivity index (χ1v) is 6.89. The second kappa shape index (κ2) is 4.58. The Morgan fingerprint density at radius 2 is 1.74 bits per heavy atom. The first-order chi connectivity index (χ1) is 8.83. The lowest BCUT2D eigenvalue weighted by molar-refractivity contribution is -0.134.